The van der Waals surface area contributed by atoms with Crippen molar-refractivity contribution in [3.05, 3.63) is 39.1 Å². The first-order valence-electron chi connectivity index (χ1n) is 5.34. The van der Waals surface area contributed by atoms with E-state index in [-0.39, 0.29) is 12.4 Å². The summed E-state index contributed by atoms with van der Waals surface area (Å²) in [6, 6.07) is 5.49. The Hall–Kier alpha value is -1.92. The van der Waals surface area contributed by atoms with Gasteiger partial charge in [-0.25, -0.2) is 9.78 Å². The van der Waals surface area contributed by atoms with E-state index >= 15 is 0 Å². The van der Waals surface area contributed by atoms with Gasteiger partial charge in [0.1, 0.15) is 5.01 Å². The molecule has 2 aromatic heterocycles. The molecular formula is C12H10N2O3S. The van der Waals surface area contributed by atoms with Crippen molar-refractivity contribution in [1.29, 1.82) is 0 Å². The number of oxazole rings is 1. The molecule has 0 fully saturated rings. The number of aliphatic hydroxyl groups excluding tert-OH is 1. The Morgan fingerprint density at radius 3 is 3.06 bits per heavy atom. The van der Waals surface area contributed by atoms with Crippen molar-refractivity contribution in [3.63, 3.8) is 0 Å². The third-order valence-electron chi connectivity index (χ3n) is 2.78. The molecule has 0 saturated heterocycles. The Balaban J connectivity index is 2.16. The van der Waals surface area contributed by atoms with Crippen LogP contribution in [0.1, 0.15) is 5.01 Å². The molecule has 18 heavy (non-hydrogen) atoms. The molecule has 0 aliphatic carbocycles. The maximum atomic E-state index is 11.4. The number of fused-ring (bicyclic) bond motifs is 1. The lowest BCUT2D eigenvalue weighted by atomic mass is 10.1. The molecule has 0 aliphatic heterocycles. The normalized spacial score (nSPS) is 11.2. The zero-order valence-electron chi connectivity index (χ0n) is 9.58. The first-order chi connectivity index (χ1) is 8.69. The van der Waals surface area contributed by atoms with Crippen molar-refractivity contribution in [2.75, 3.05) is 0 Å². The molecule has 1 aromatic carbocycles. The number of hydrogen-bond acceptors (Lipinski definition) is 5. The van der Waals surface area contributed by atoms with Crippen LogP contribution in [0.15, 0.2) is 32.8 Å². The number of rotatable bonds is 2. The van der Waals surface area contributed by atoms with E-state index in [9.17, 15) is 4.79 Å². The van der Waals surface area contributed by atoms with E-state index in [4.69, 9.17) is 9.52 Å². The molecule has 2 heterocycles. The molecule has 6 heteroatoms. The van der Waals surface area contributed by atoms with E-state index in [0.29, 0.717) is 10.6 Å². The molecule has 3 aromatic rings. The van der Waals surface area contributed by atoms with Gasteiger partial charge in [0.2, 0.25) is 0 Å². The van der Waals surface area contributed by atoms with E-state index in [1.807, 2.05) is 17.5 Å². The number of nitrogens with zero attached hydrogens (tertiary/aromatic N) is 2. The zero-order valence-corrected chi connectivity index (χ0v) is 10.4. The minimum atomic E-state index is -0.378. The fourth-order valence-electron chi connectivity index (χ4n) is 1.81. The molecule has 0 amide bonds. The van der Waals surface area contributed by atoms with E-state index in [0.717, 1.165) is 16.8 Å². The molecule has 3 rings (SSSR count). The number of aryl methyl sites for hydroxylation is 1. The quantitative estimate of drug-likeness (QED) is 0.764. The van der Waals surface area contributed by atoms with E-state index in [1.165, 1.54) is 15.9 Å². The molecule has 92 valence electrons. The second kappa shape index (κ2) is 4.08. The van der Waals surface area contributed by atoms with Gasteiger partial charge in [-0.2, -0.15) is 0 Å². The highest BCUT2D eigenvalue weighted by atomic mass is 32.1. The number of aliphatic hydroxyl groups is 1. The Bertz CT molecular complexity index is 769. The minimum Gasteiger partial charge on any atom is -0.408 e. The van der Waals surface area contributed by atoms with Crippen LogP contribution < -0.4 is 5.76 Å². The van der Waals surface area contributed by atoms with E-state index in [2.05, 4.69) is 4.98 Å². The molecule has 1 N–H and O–H groups in total. The average Bonchev–Trinajstić information content (AvgIpc) is 2.95. The first-order valence-corrected chi connectivity index (χ1v) is 6.22. The van der Waals surface area contributed by atoms with Crippen LogP contribution in [0, 0.1) is 0 Å². The Labute approximate surface area is 106 Å². The lowest BCUT2D eigenvalue weighted by Crippen LogP contribution is -2.08. The summed E-state index contributed by atoms with van der Waals surface area (Å²) in [6.07, 6.45) is 0. The monoisotopic (exact) mass is 262 g/mol. The molecule has 5 nitrogen and oxygen atoms in total. The first kappa shape index (κ1) is 11.2. The number of hydrogen-bond donors (Lipinski definition) is 1. The lowest BCUT2D eigenvalue weighted by molar-refractivity contribution is 0.281. The zero-order chi connectivity index (χ0) is 12.7. The maximum Gasteiger partial charge on any atom is 0.419 e. The van der Waals surface area contributed by atoms with Crippen molar-refractivity contribution in [1.82, 2.24) is 9.55 Å². The third kappa shape index (κ3) is 1.66. The van der Waals surface area contributed by atoms with Gasteiger partial charge in [-0.1, -0.05) is 6.07 Å². The summed E-state index contributed by atoms with van der Waals surface area (Å²) in [5, 5.41) is 11.5. The molecule has 0 radical (unpaired) electrons. The minimum absolute atomic E-state index is 0.0622. The van der Waals surface area contributed by atoms with Crippen LogP contribution in [-0.4, -0.2) is 14.7 Å². The Kier molecular flexibility index (Phi) is 2.53. The number of thiazole rings is 1. The molecular weight excluding hydrogens is 252 g/mol. The Morgan fingerprint density at radius 1 is 1.50 bits per heavy atom. The Morgan fingerprint density at radius 2 is 2.33 bits per heavy atom. The summed E-state index contributed by atoms with van der Waals surface area (Å²) in [7, 11) is 1.67. The second-order valence-electron chi connectivity index (χ2n) is 3.89. The molecule has 0 saturated carbocycles. The van der Waals surface area contributed by atoms with Gasteiger partial charge in [0.25, 0.3) is 0 Å². The van der Waals surface area contributed by atoms with Crippen molar-refractivity contribution < 1.29 is 9.52 Å². The number of aromatic nitrogens is 2. The van der Waals surface area contributed by atoms with Crippen molar-refractivity contribution in [3.8, 4) is 11.3 Å². The van der Waals surface area contributed by atoms with Crippen molar-refractivity contribution >= 4 is 22.4 Å². The fourth-order valence-corrected chi connectivity index (χ4v) is 2.47. The topological polar surface area (TPSA) is 68.3 Å². The maximum absolute atomic E-state index is 11.4. The highest BCUT2D eigenvalue weighted by molar-refractivity contribution is 7.09. The van der Waals surface area contributed by atoms with Crippen LogP contribution in [-0.2, 0) is 13.7 Å². The summed E-state index contributed by atoms with van der Waals surface area (Å²) >= 11 is 1.40. The van der Waals surface area contributed by atoms with Crippen LogP contribution in [0.2, 0.25) is 0 Å². The van der Waals surface area contributed by atoms with Crippen molar-refractivity contribution in [2.45, 2.75) is 6.61 Å². The molecule has 0 bridgehead atoms. The SMILES string of the molecule is Cn1c(=O)oc2cc(-c3csc(CO)n3)ccc21. The fraction of sp³-hybridized carbons (Fsp3) is 0.167. The van der Waals surface area contributed by atoms with Gasteiger partial charge in [0.05, 0.1) is 17.8 Å². The predicted molar refractivity (Wildman–Crippen MR) is 68.5 cm³/mol. The van der Waals surface area contributed by atoms with E-state index in [1.54, 1.807) is 13.1 Å². The summed E-state index contributed by atoms with van der Waals surface area (Å²) in [5.41, 5.74) is 2.94. The largest absolute Gasteiger partial charge is 0.419 e. The smallest absolute Gasteiger partial charge is 0.408 e. The van der Waals surface area contributed by atoms with Crippen LogP contribution >= 0.6 is 11.3 Å². The highest BCUT2D eigenvalue weighted by Gasteiger charge is 2.09. The van der Waals surface area contributed by atoms with E-state index < -0.39 is 0 Å². The molecule has 0 spiro atoms. The summed E-state index contributed by atoms with van der Waals surface area (Å²) in [4.78, 5) is 15.7. The summed E-state index contributed by atoms with van der Waals surface area (Å²) < 4.78 is 6.59. The van der Waals surface area contributed by atoms with Crippen LogP contribution in [0.4, 0.5) is 0 Å². The van der Waals surface area contributed by atoms with Crippen molar-refractivity contribution in [2.24, 2.45) is 7.05 Å². The van der Waals surface area contributed by atoms with Gasteiger partial charge < -0.3 is 9.52 Å². The van der Waals surface area contributed by atoms with Gasteiger partial charge in [-0.3, -0.25) is 4.57 Å². The highest BCUT2D eigenvalue weighted by Crippen LogP contribution is 2.25. The predicted octanol–water partition coefficient (Wildman–Crippen LogP) is 1.75. The number of benzene rings is 1. The van der Waals surface area contributed by atoms with Gasteiger partial charge in [-0.15, -0.1) is 11.3 Å². The van der Waals surface area contributed by atoms with Gasteiger partial charge in [0.15, 0.2) is 5.58 Å². The van der Waals surface area contributed by atoms with Gasteiger partial charge in [0, 0.05) is 18.0 Å². The molecule has 0 unspecified atom stereocenters. The van der Waals surface area contributed by atoms with Crippen LogP contribution in [0.5, 0.6) is 0 Å². The second-order valence-corrected chi connectivity index (χ2v) is 4.84. The summed E-state index contributed by atoms with van der Waals surface area (Å²) in [6.45, 7) is -0.0622. The van der Waals surface area contributed by atoms with Gasteiger partial charge in [-0.05, 0) is 12.1 Å². The molecule has 0 aliphatic rings. The van der Waals surface area contributed by atoms with Crippen LogP contribution in [0.25, 0.3) is 22.4 Å². The summed E-state index contributed by atoms with van der Waals surface area (Å²) in [5.74, 6) is -0.378. The van der Waals surface area contributed by atoms with Crippen LogP contribution in [0.3, 0.4) is 0 Å². The van der Waals surface area contributed by atoms with Gasteiger partial charge >= 0.3 is 5.76 Å². The third-order valence-corrected chi connectivity index (χ3v) is 3.61. The molecule has 0 atom stereocenters. The lowest BCUT2D eigenvalue weighted by Gasteiger charge is -1.96. The average molecular weight is 262 g/mol. The standard InChI is InChI=1S/C12H10N2O3S/c1-14-9-3-2-7(4-10(9)17-12(14)16)8-6-18-11(5-15)13-8/h2-4,6,15H,5H2,1H3.